The second-order valence-electron chi connectivity index (χ2n) is 6.35. The topological polar surface area (TPSA) is 49.9 Å². The van der Waals surface area contributed by atoms with Crippen molar-refractivity contribution in [2.45, 2.75) is 39.2 Å². The fourth-order valence-electron chi connectivity index (χ4n) is 3.34. The Bertz CT molecular complexity index is 641. The van der Waals surface area contributed by atoms with Crippen LogP contribution in [0.3, 0.4) is 0 Å². The first-order valence-corrected chi connectivity index (χ1v) is 9.48. The predicted molar refractivity (Wildman–Crippen MR) is 98.8 cm³/mol. The van der Waals surface area contributed by atoms with Crippen LogP contribution in [0.1, 0.15) is 43.5 Å². The lowest BCUT2D eigenvalue weighted by molar-refractivity contribution is -0.143. The first-order chi connectivity index (χ1) is 12.5. The van der Waals surface area contributed by atoms with Crippen LogP contribution in [0.5, 0.6) is 0 Å². The van der Waals surface area contributed by atoms with Crippen LogP contribution in [0.4, 0.5) is 4.39 Å². The molecule has 1 aromatic rings. The Morgan fingerprint density at radius 2 is 2.15 bits per heavy atom. The Balaban J connectivity index is 2.16. The molecule has 0 aliphatic carbocycles. The molecular weight excluding hydrogens is 359 g/mol. The number of esters is 1. The number of rotatable bonds is 8. The minimum Gasteiger partial charge on any atom is -0.466 e. The van der Waals surface area contributed by atoms with Crippen LogP contribution in [0.15, 0.2) is 18.2 Å². The lowest BCUT2D eigenvalue weighted by Crippen LogP contribution is -2.44. The summed E-state index contributed by atoms with van der Waals surface area (Å²) in [6.45, 7) is 6.65. The molecule has 0 aromatic heterocycles. The van der Waals surface area contributed by atoms with E-state index in [9.17, 15) is 14.0 Å². The van der Waals surface area contributed by atoms with Crippen molar-refractivity contribution < 1.29 is 18.7 Å². The molecule has 1 amide bonds. The van der Waals surface area contributed by atoms with E-state index in [2.05, 4.69) is 11.8 Å². The standard InChI is InChI=1S/C19H26ClFN2O3/c1-3-22-10-5-6-15(22)13-23(11-9-18(24)26-4-2)19(25)16-12-14(20)7-8-17(16)21/h7-8,12,15H,3-6,9-11,13H2,1-2H3. The van der Waals surface area contributed by atoms with Crippen molar-refractivity contribution in [1.29, 1.82) is 0 Å². The molecule has 0 bridgehead atoms. The second kappa shape index (κ2) is 9.88. The number of benzene rings is 1. The average molecular weight is 385 g/mol. The van der Waals surface area contributed by atoms with Crippen LogP contribution in [0.25, 0.3) is 0 Å². The molecule has 0 spiro atoms. The van der Waals surface area contributed by atoms with Gasteiger partial charge >= 0.3 is 5.97 Å². The fraction of sp³-hybridized carbons (Fsp3) is 0.579. The lowest BCUT2D eigenvalue weighted by atomic mass is 10.1. The van der Waals surface area contributed by atoms with E-state index < -0.39 is 11.7 Å². The number of likely N-dealkylation sites (tertiary alicyclic amines) is 1. The SMILES string of the molecule is CCOC(=O)CCN(CC1CCCN1CC)C(=O)c1cc(Cl)ccc1F. The molecule has 1 aromatic carbocycles. The van der Waals surface area contributed by atoms with Crippen molar-refractivity contribution >= 4 is 23.5 Å². The van der Waals surface area contributed by atoms with Crippen LogP contribution in [0, 0.1) is 5.82 Å². The number of carbonyl (C=O) groups is 2. The third-order valence-electron chi connectivity index (χ3n) is 4.67. The van der Waals surface area contributed by atoms with Gasteiger partial charge in [0.1, 0.15) is 5.82 Å². The van der Waals surface area contributed by atoms with E-state index in [0.29, 0.717) is 18.2 Å². The maximum Gasteiger partial charge on any atom is 0.307 e. The Hall–Kier alpha value is -1.66. The Kier molecular flexibility index (Phi) is 7.85. The van der Waals surface area contributed by atoms with Crippen LogP contribution in [0.2, 0.25) is 5.02 Å². The molecule has 7 heteroatoms. The van der Waals surface area contributed by atoms with Gasteiger partial charge < -0.3 is 9.64 Å². The van der Waals surface area contributed by atoms with Crippen LogP contribution in [-0.2, 0) is 9.53 Å². The molecule has 5 nitrogen and oxygen atoms in total. The number of nitrogens with zero attached hydrogens (tertiary/aromatic N) is 2. The third-order valence-corrected chi connectivity index (χ3v) is 4.91. The van der Waals surface area contributed by atoms with Crippen LogP contribution >= 0.6 is 11.6 Å². The molecule has 1 fully saturated rings. The van der Waals surface area contributed by atoms with Gasteiger partial charge in [0, 0.05) is 24.2 Å². The molecule has 1 unspecified atom stereocenters. The van der Waals surface area contributed by atoms with E-state index in [-0.39, 0.29) is 30.5 Å². The lowest BCUT2D eigenvalue weighted by Gasteiger charge is -2.30. The summed E-state index contributed by atoms with van der Waals surface area (Å²) in [6, 6.07) is 4.15. The molecule has 0 radical (unpaired) electrons. The third kappa shape index (κ3) is 5.42. The van der Waals surface area contributed by atoms with Crippen LogP contribution < -0.4 is 0 Å². The highest BCUT2D eigenvalue weighted by Crippen LogP contribution is 2.21. The van der Waals surface area contributed by atoms with Crippen molar-refractivity contribution in [2.24, 2.45) is 0 Å². The summed E-state index contributed by atoms with van der Waals surface area (Å²) < 4.78 is 19.1. The summed E-state index contributed by atoms with van der Waals surface area (Å²) in [5.41, 5.74) is -0.0672. The summed E-state index contributed by atoms with van der Waals surface area (Å²) in [5, 5.41) is 0.302. The summed E-state index contributed by atoms with van der Waals surface area (Å²) in [7, 11) is 0. The van der Waals surface area contributed by atoms with Crippen molar-refractivity contribution in [3.63, 3.8) is 0 Å². The van der Waals surface area contributed by atoms with E-state index in [1.54, 1.807) is 11.8 Å². The zero-order valence-electron chi connectivity index (χ0n) is 15.3. The summed E-state index contributed by atoms with van der Waals surface area (Å²) in [4.78, 5) is 28.5. The minimum atomic E-state index is -0.612. The smallest absolute Gasteiger partial charge is 0.307 e. The van der Waals surface area contributed by atoms with Gasteiger partial charge in [-0.2, -0.15) is 0 Å². The van der Waals surface area contributed by atoms with Crippen molar-refractivity contribution in [3.05, 3.63) is 34.6 Å². The molecule has 144 valence electrons. The van der Waals surface area contributed by atoms with Gasteiger partial charge in [0.25, 0.3) is 5.91 Å². The molecule has 1 heterocycles. The van der Waals surface area contributed by atoms with E-state index in [4.69, 9.17) is 16.3 Å². The van der Waals surface area contributed by atoms with Gasteiger partial charge in [-0.1, -0.05) is 18.5 Å². The summed E-state index contributed by atoms with van der Waals surface area (Å²) >= 11 is 5.93. The summed E-state index contributed by atoms with van der Waals surface area (Å²) in [6.07, 6.45) is 2.14. The molecule has 0 saturated carbocycles. The molecule has 1 aliphatic heterocycles. The number of likely N-dealkylation sites (N-methyl/N-ethyl adjacent to an activating group) is 1. The molecule has 26 heavy (non-hydrogen) atoms. The minimum absolute atomic E-state index is 0.0672. The first kappa shape index (κ1) is 20.6. The maximum absolute atomic E-state index is 14.1. The molecular formula is C19H26ClFN2O3. The van der Waals surface area contributed by atoms with Gasteiger partial charge in [0.15, 0.2) is 0 Å². The highest BCUT2D eigenvalue weighted by Gasteiger charge is 2.29. The van der Waals surface area contributed by atoms with E-state index in [1.165, 1.54) is 18.2 Å². The summed E-state index contributed by atoms with van der Waals surface area (Å²) in [5.74, 6) is -1.42. The van der Waals surface area contributed by atoms with Crippen LogP contribution in [-0.4, -0.2) is 60.5 Å². The molecule has 1 atom stereocenters. The Morgan fingerprint density at radius 3 is 2.85 bits per heavy atom. The number of ether oxygens (including phenoxy) is 1. The second-order valence-corrected chi connectivity index (χ2v) is 6.79. The highest BCUT2D eigenvalue weighted by molar-refractivity contribution is 6.31. The zero-order valence-corrected chi connectivity index (χ0v) is 16.1. The number of hydrogen-bond donors (Lipinski definition) is 0. The average Bonchev–Trinajstić information content (AvgIpc) is 3.07. The Morgan fingerprint density at radius 1 is 1.38 bits per heavy atom. The number of hydrogen-bond acceptors (Lipinski definition) is 4. The fourth-order valence-corrected chi connectivity index (χ4v) is 3.51. The van der Waals surface area contributed by atoms with Gasteiger partial charge in [-0.25, -0.2) is 4.39 Å². The zero-order chi connectivity index (χ0) is 19.1. The van der Waals surface area contributed by atoms with Crippen molar-refractivity contribution in [2.75, 3.05) is 32.8 Å². The highest BCUT2D eigenvalue weighted by atomic mass is 35.5. The first-order valence-electron chi connectivity index (χ1n) is 9.10. The molecule has 0 N–H and O–H groups in total. The van der Waals surface area contributed by atoms with Crippen molar-refractivity contribution in [3.8, 4) is 0 Å². The maximum atomic E-state index is 14.1. The van der Waals surface area contributed by atoms with E-state index in [0.717, 1.165) is 25.9 Å². The number of amides is 1. The monoisotopic (exact) mass is 384 g/mol. The van der Waals surface area contributed by atoms with Gasteiger partial charge in [0.05, 0.1) is 18.6 Å². The number of halogens is 2. The largest absolute Gasteiger partial charge is 0.466 e. The Labute approximate surface area is 159 Å². The van der Waals surface area contributed by atoms with Gasteiger partial charge in [0.2, 0.25) is 0 Å². The van der Waals surface area contributed by atoms with Gasteiger partial charge in [-0.05, 0) is 51.1 Å². The molecule has 2 rings (SSSR count). The predicted octanol–water partition coefficient (Wildman–Crippen LogP) is 3.36. The van der Waals surface area contributed by atoms with Crippen molar-refractivity contribution in [1.82, 2.24) is 9.80 Å². The molecule has 1 saturated heterocycles. The molecule has 1 aliphatic rings. The normalized spacial score (nSPS) is 17.3. The van der Waals surface area contributed by atoms with E-state index in [1.807, 2.05) is 0 Å². The van der Waals surface area contributed by atoms with E-state index >= 15 is 0 Å². The van der Waals surface area contributed by atoms with Gasteiger partial charge in [-0.3, -0.25) is 14.5 Å². The number of carbonyl (C=O) groups excluding carboxylic acids is 2. The quantitative estimate of drug-likeness (QED) is 0.645. The van der Waals surface area contributed by atoms with Gasteiger partial charge in [-0.15, -0.1) is 0 Å².